The molecule has 2 aromatic rings. The van der Waals surface area contributed by atoms with Crippen molar-refractivity contribution in [2.75, 3.05) is 61.6 Å². The molecule has 1 aliphatic heterocycles. The minimum Gasteiger partial charge on any atom is -0.383 e. The third kappa shape index (κ3) is 4.04. The first-order valence-corrected chi connectivity index (χ1v) is 7.69. The number of hydrogen-bond donors (Lipinski definition) is 1. The minimum atomic E-state index is 0.628. The highest BCUT2D eigenvalue weighted by Crippen LogP contribution is 2.16. The molecular formula is C15H21N7O. The van der Waals surface area contributed by atoms with Crippen LogP contribution in [0.4, 0.5) is 17.7 Å². The molecule has 122 valence electrons. The van der Waals surface area contributed by atoms with E-state index in [-0.39, 0.29) is 0 Å². The van der Waals surface area contributed by atoms with Crippen molar-refractivity contribution in [3.63, 3.8) is 0 Å². The topological polar surface area (TPSA) is 79.3 Å². The maximum absolute atomic E-state index is 5.02. The fourth-order valence-corrected chi connectivity index (χ4v) is 2.47. The van der Waals surface area contributed by atoms with Gasteiger partial charge in [0.1, 0.15) is 5.82 Å². The van der Waals surface area contributed by atoms with E-state index in [1.807, 2.05) is 12.1 Å². The average Bonchev–Trinajstić information content (AvgIpc) is 2.63. The molecule has 1 N–H and O–H groups in total. The Kier molecular flexibility index (Phi) is 5.15. The highest BCUT2D eigenvalue weighted by atomic mass is 16.5. The first-order chi connectivity index (χ1) is 11.4. The highest BCUT2D eigenvalue weighted by Gasteiger charge is 2.19. The molecule has 3 heterocycles. The lowest BCUT2D eigenvalue weighted by Gasteiger charge is -2.35. The van der Waals surface area contributed by atoms with E-state index in [1.165, 1.54) is 0 Å². The monoisotopic (exact) mass is 315 g/mol. The number of aromatic nitrogens is 4. The van der Waals surface area contributed by atoms with E-state index in [9.17, 15) is 0 Å². The number of methoxy groups -OCH3 is 1. The number of hydrogen-bond acceptors (Lipinski definition) is 8. The van der Waals surface area contributed by atoms with Gasteiger partial charge in [0.05, 0.1) is 6.61 Å². The third-order valence-electron chi connectivity index (χ3n) is 3.67. The molecule has 0 atom stereocenters. The van der Waals surface area contributed by atoms with Gasteiger partial charge in [0.15, 0.2) is 0 Å². The van der Waals surface area contributed by atoms with Gasteiger partial charge in [0.25, 0.3) is 0 Å². The molecule has 1 aliphatic rings. The second-order valence-electron chi connectivity index (χ2n) is 5.18. The summed E-state index contributed by atoms with van der Waals surface area (Å²) in [5, 5.41) is 3.16. The van der Waals surface area contributed by atoms with E-state index in [2.05, 4.69) is 35.1 Å². The van der Waals surface area contributed by atoms with Crippen LogP contribution in [0.15, 0.2) is 30.7 Å². The minimum absolute atomic E-state index is 0.628. The van der Waals surface area contributed by atoms with Crippen molar-refractivity contribution in [1.82, 2.24) is 19.9 Å². The molecule has 0 aliphatic carbocycles. The lowest BCUT2D eigenvalue weighted by Crippen LogP contribution is -2.47. The molecule has 3 rings (SSSR count). The predicted molar refractivity (Wildman–Crippen MR) is 88.9 cm³/mol. The molecule has 1 fully saturated rings. The van der Waals surface area contributed by atoms with Crippen molar-refractivity contribution < 1.29 is 4.74 Å². The maximum atomic E-state index is 5.02. The van der Waals surface area contributed by atoms with Crippen LogP contribution in [0.1, 0.15) is 0 Å². The molecule has 0 bridgehead atoms. The Morgan fingerprint density at radius 3 is 2.52 bits per heavy atom. The number of nitrogens with one attached hydrogen (secondary N) is 1. The van der Waals surface area contributed by atoms with Gasteiger partial charge in [-0.25, -0.2) is 15.0 Å². The van der Waals surface area contributed by atoms with E-state index >= 15 is 0 Å². The van der Waals surface area contributed by atoms with E-state index in [0.717, 1.165) is 37.9 Å². The lowest BCUT2D eigenvalue weighted by atomic mass is 10.3. The molecule has 0 unspecified atom stereocenters. The fraction of sp³-hybridized carbons (Fsp3) is 0.467. The Hall–Kier alpha value is -2.48. The van der Waals surface area contributed by atoms with Gasteiger partial charge in [-0.05, 0) is 12.1 Å². The van der Waals surface area contributed by atoms with Gasteiger partial charge in [-0.1, -0.05) is 0 Å². The molecule has 8 heteroatoms. The molecule has 1 saturated heterocycles. The number of ether oxygens (including phenoxy) is 1. The molecule has 23 heavy (non-hydrogen) atoms. The SMILES string of the molecule is COCCNc1nccc(N2CCN(c3ncccn3)CC2)n1. The van der Waals surface area contributed by atoms with Gasteiger partial charge in [0.2, 0.25) is 11.9 Å². The fourth-order valence-electron chi connectivity index (χ4n) is 2.47. The number of piperazine rings is 1. The normalized spacial score (nSPS) is 14.8. The first-order valence-electron chi connectivity index (χ1n) is 7.69. The van der Waals surface area contributed by atoms with Crippen LogP contribution < -0.4 is 15.1 Å². The Morgan fingerprint density at radius 1 is 1.04 bits per heavy atom. The second kappa shape index (κ2) is 7.68. The summed E-state index contributed by atoms with van der Waals surface area (Å²) in [5.74, 6) is 2.36. The van der Waals surface area contributed by atoms with Gasteiger partial charge >= 0.3 is 0 Å². The predicted octanol–water partition coefficient (Wildman–Crippen LogP) is 0.651. The summed E-state index contributed by atoms with van der Waals surface area (Å²) in [6.45, 7) is 4.84. The van der Waals surface area contributed by atoms with Crippen LogP contribution >= 0.6 is 0 Å². The second-order valence-corrected chi connectivity index (χ2v) is 5.18. The zero-order chi connectivity index (χ0) is 15.9. The number of anilines is 3. The van der Waals surface area contributed by atoms with Crippen molar-refractivity contribution in [1.29, 1.82) is 0 Å². The van der Waals surface area contributed by atoms with Crippen molar-refractivity contribution in [2.24, 2.45) is 0 Å². The molecule has 0 saturated carbocycles. The van der Waals surface area contributed by atoms with Gasteiger partial charge < -0.3 is 19.9 Å². The summed E-state index contributed by atoms with van der Waals surface area (Å²) in [6, 6.07) is 3.77. The van der Waals surface area contributed by atoms with E-state index in [1.54, 1.807) is 25.7 Å². The highest BCUT2D eigenvalue weighted by molar-refractivity contribution is 5.45. The molecule has 0 amide bonds. The Labute approximate surface area is 135 Å². The van der Waals surface area contributed by atoms with Crippen LogP contribution in [0.2, 0.25) is 0 Å². The van der Waals surface area contributed by atoms with Crippen molar-refractivity contribution in [3.8, 4) is 0 Å². The summed E-state index contributed by atoms with van der Waals surface area (Å²) in [5.41, 5.74) is 0. The Morgan fingerprint density at radius 2 is 1.78 bits per heavy atom. The van der Waals surface area contributed by atoms with Crippen LogP contribution in [0, 0.1) is 0 Å². The summed E-state index contributed by atoms with van der Waals surface area (Å²) in [7, 11) is 1.68. The van der Waals surface area contributed by atoms with Crippen LogP contribution in [0.3, 0.4) is 0 Å². The Balaban J connectivity index is 1.58. The summed E-state index contributed by atoms with van der Waals surface area (Å²) in [4.78, 5) is 21.9. The van der Waals surface area contributed by atoms with E-state index < -0.39 is 0 Å². The van der Waals surface area contributed by atoms with E-state index in [4.69, 9.17) is 4.74 Å². The smallest absolute Gasteiger partial charge is 0.225 e. The first kappa shape index (κ1) is 15.4. The molecule has 2 aromatic heterocycles. The number of nitrogens with zero attached hydrogens (tertiary/aromatic N) is 6. The van der Waals surface area contributed by atoms with Crippen molar-refractivity contribution in [3.05, 3.63) is 30.7 Å². The zero-order valence-corrected chi connectivity index (χ0v) is 13.2. The molecule has 0 radical (unpaired) electrons. The van der Waals surface area contributed by atoms with Crippen LogP contribution in [0.5, 0.6) is 0 Å². The summed E-state index contributed by atoms with van der Waals surface area (Å²) >= 11 is 0. The lowest BCUT2D eigenvalue weighted by molar-refractivity contribution is 0.210. The Bertz CT molecular complexity index is 602. The van der Waals surface area contributed by atoms with Crippen LogP contribution in [-0.2, 0) is 4.74 Å². The van der Waals surface area contributed by atoms with Crippen molar-refractivity contribution in [2.45, 2.75) is 0 Å². The maximum Gasteiger partial charge on any atom is 0.225 e. The van der Waals surface area contributed by atoms with Gasteiger partial charge in [-0.15, -0.1) is 0 Å². The standard InChI is InChI=1S/C15H21N7O/c1-23-12-7-17-14-16-6-3-13(20-14)21-8-10-22(11-9-21)15-18-4-2-5-19-15/h2-6H,7-12H2,1H3,(H,16,17,20). The van der Waals surface area contributed by atoms with Crippen LogP contribution in [0.25, 0.3) is 0 Å². The quantitative estimate of drug-likeness (QED) is 0.779. The summed E-state index contributed by atoms with van der Waals surface area (Å²) < 4.78 is 5.02. The molecule has 8 nitrogen and oxygen atoms in total. The summed E-state index contributed by atoms with van der Waals surface area (Å²) in [6.07, 6.45) is 5.33. The van der Waals surface area contributed by atoms with Gasteiger partial charge in [-0.3, -0.25) is 0 Å². The van der Waals surface area contributed by atoms with E-state index in [0.29, 0.717) is 19.1 Å². The molecular weight excluding hydrogens is 294 g/mol. The zero-order valence-electron chi connectivity index (χ0n) is 13.2. The van der Waals surface area contributed by atoms with Crippen LogP contribution in [-0.4, -0.2) is 66.4 Å². The third-order valence-corrected chi connectivity index (χ3v) is 3.67. The van der Waals surface area contributed by atoms with Gasteiger partial charge in [0, 0.05) is 58.4 Å². The van der Waals surface area contributed by atoms with Gasteiger partial charge in [-0.2, -0.15) is 4.98 Å². The molecule has 0 spiro atoms. The average molecular weight is 315 g/mol. The molecule has 0 aromatic carbocycles. The largest absolute Gasteiger partial charge is 0.383 e. The number of rotatable bonds is 6. The van der Waals surface area contributed by atoms with Crippen molar-refractivity contribution >= 4 is 17.7 Å².